The zero-order valence-electron chi connectivity index (χ0n) is 10.6. The molecule has 2 aromatic rings. The number of anilines is 2. The summed E-state index contributed by atoms with van der Waals surface area (Å²) >= 11 is 1.97. The lowest BCUT2D eigenvalue weighted by atomic mass is 10.2. The third-order valence-corrected chi connectivity index (χ3v) is 3.68. The summed E-state index contributed by atoms with van der Waals surface area (Å²) in [7, 11) is 0. The smallest absolute Gasteiger partial charge is 0.266 e. The first-order valence-corrected chi connectivity index (χ1v) is 7.06. The van der Waals surface area contributed by atoms with Gasteiger partial charge < -0.3 is 15.6 Å². The third-order valence-electron chi connectivity index (χ3n) is 2.71. The molecule has 1 aromatic carbocycles. The molecule has 0 saturated heterocycles. The van der Waals surface area contributed by atoms with Crippen molar-refractivity contribution in [1.29, 1.82) is 5.41 Å². The van der Waals surface area contributed by atoms with Gasteiger partial charge in [0, 0.05) is 18.7 Å². The number of nitrogens with zero attached hydrogens (tertiary/aromatic N) is 2. The molecular weight excluding hydrogens is 369 g/mol. The van der Waals surface area contributed by atoms with Crippen molar-refractivity contribution in [1.82, 2.24) is 9.97 Å². The van der Waals surface area contributed by atoms with Crippen LogP contribution in [0.25, 0.3) is 0 Å². The van der Waals surface area contributed by atoms with E-state index < -0.39 is 0 Å². The van der Waals surface area contributed by atoms with Crippen LogP contribution in [-0.4, -0.2) is 22.3 Å². The second kappa shape index (κ2) is 6.51. The van der Waals surface area contributed by atoms with Crippen LogP contribution < -0.4 is 16.2 Å². The lowest BCUT2D eigenvalue weighted by Crippen LogP contribution is -2.27. The molecule has 0 aliphatic rings. The second-order valence-corrected chi connectivity index (χ2v) is 5.21. The molecule has 0 bridgehead atoms. The van der Waals surface area contributed by atoms with E-state index >= 15 is 0 Å². The number of nitrogens with one attached hydrogen (secondary N) is 2. The molecule has 0 unspecified atom stereocenters. The fourth-order valence-electron chi connectivity index (χ4n) is 1.76. The van der Waals surface area contributed by atoms with E-state index in [1.54, 1.807) is 0 Å². The minimum Gasteiger partial charge on any atom is -0.388 e. The van der Waals surface area contributed by atoms with Gasteiger partial charge in [0.05, 0.1) is 12.2 Å². The molecule has 0 saturated carbocycles. The number of benzene rings is 1. The van der Waals surface area contributed by atoms with Crippen LogP contribution in [0, 0.1) is 8.98 Å². The van der Waals surface area contributed by atoms with Crippen LogP contribution in [0.2, 0.25) is 0 Å². The molecule has 20 heavy (non-hydrogen) atoms. The van der Waals surface area contributed by atoms with Gasteiger partial charge in [-0.05, 0) is 34.7 Å². The van der Waals surface area contributed by atoms with Gasteiger partial charge in [-0.2, -0.15) is 0 Å². The Balaban J connectivity index is 2.43. The summed E-state index contributed by atoms with van der Waals surface area (Å²) < 4.78 is 0.512. The predicted octanol–water partition coefficient (Wildman–Crippen LogP) is 1.84. The molecule has 0 radical (unpaired) electrons. The summed E-state index contributed by atoms with van der Waals surface area (Å²) in [5, 5.41) is 7.37. The lowest BCUT2D eigenvalue weighted by molar-refractivity contribution is 0.914. The topological polar surface area (TPSA) is 98.9 Å². The minimum atomic E-state index is -0.181. The Hall–Kier alpha value is -1.90. The van der Waals surface area contributed by atoms with Gasteiger partial charge in [0.2, 0.25) is 0 Å². The minimum absolute atomic E-state index is 0.103. The van der Waals surface area contributed by atoms with E-state index in [-0.39, 0.29) is 11.4 Å². The summed E-state index contributed by atoms with van der Waals surface area (Å²) in [4.78, 5) is 20.4. The highest BCUT2D eigenvalue weighted by Crippen LogP contribution is 2.25. The third kappa shape index (κ3) is 3.35. The number of nitrogens with two attached hydrogens (primary N) is 1. The summed E-state index contributed by atoms with van der Waals surface area (Å²) in [6.07, 6.45) is 1.78. The first-order valence-electron chi connectivity index (χ1n) is 5.98. The molecule has 6 nitrogen and oxygen atoms in total. The van der Waals surface area contributed by atoms with Gasteiger partial charge in [-0.15, -0.1) is 0 Å². The number of amidine groups is 1. The highest BCUT2D eigenvalue weighted by molar-refractivity contribution is 14.1. The quantitative estimate of drug-likeness (QED) is 0.417. The second-order valence-electron chi connectivity index (χ2n) is 4.13. The van der Waals surface area contributed by atoms with Crippen LogP contribution >= 0.6 is 22.6 Å². The number of H-pyrrole nitrogens is 1. The lowest BCUT2D eigenvalue weighted by Gasteiger charge is -2.24. The van der Waals surface area contributed by atoms with Crippen molar-refractivity contribution in [3.05, 3.63) is 50.6 Å². The fraction of sp³-hybridized carbons (Fsp3) is 0.154. The van der Waals surface area contributed by atoms with Crippen LogP contribution in [0.3, 0.4) is 0 Å². The van der Waals surface area contributed by atoms with Crippen molar-refractivity contribution in [2.75, 3.05) is 11.4 Å². The van der Waals surface area contributed by atoms with Gasteiger partial charge in [-0.1, -0.05) is 18.2 Å². The molecule has 0 spiro atoms. The number of halogens is 1. The molecule has 2 rings (SSSR count). The summed E-state index contributed by atoms with van der Waals surface area (Å²) in [6, 6.07) is 9.60. The zero-order valence-corrected chi connectivity index (χ0v) is 12.8. The standard InChI is InChI=1S/C13H14IN5O/c14-11-12(17-8-18-13(11)20)19(7-6-10(15)16)9-4-2-1-3-5-9/h1-5,8H,6-7H2,(H3,15,16)(H,17,18,20). The number of aromatic amines is 1. The average Bonchev–Trinajstić information content (AvgIpc) is 2.44. The summed E-state index contributed by atoms with van der Waals surface area (Å²) in [6.45, 7) is 0.492. The van der Waals surface area contributed by atoms with E-state index in [4.69, 9.17) is 11.1 Å². The van der Waals surface area contributed by atoms with E-state index in [0.717, 1.165) is 5.69 Å². The first-order chi connectivity index (χ1) is 9.59. The summed E-state index contributed by atoms with van der Waals surface area (Å²) in [5.41, 5.74) is 6.16. The monoisotopic (exact) mass is 383 g/mol. The molecular formula is C13H14IN5O. The Morgan fingerprint density at radius 3 is 2.75 bits per heavy atom. The van der Waals surface area contributed by atoms with Crippen molar-refractivity contribution in [3.8, 4) is 0 Å². The van der Waals surface area contributed by atoms with Gasteiger partial charge in [0.25, 0.3) is 5.56 Å². The van der Waals surface area contributed by atoms with Crippen LogP contribution in [0.5, 0.6) is 0 Å². The largest absolute Gasteiger partial charge is 0.388 e. The van der Waals surface area contributed by atoms with Gasteiger partial charge in [-0.25, -0.2) is 4.98 Å². The maximum atomic E-state index is 11.7. The molecule has 0 fully saturated rings. The van der Waals surface area contributed by atoms with E-state index in [0.29, 0.717) is 22.4 Å². The first kappa shape index (κ1) is 14.5. The van der Waals surface area contributed by atoms with Crippen LogP contribution in [0.4, 0.5) is 11.5 Å². The normalized spacial score (nSPS) is 10.2. The Bertz CT molecular complexity index is 655. The SMILES string of the molecule is N=C(N)CCN(c1ccccc1)c1nc[nH]c(=O)c1I. The summed E-state index contributed by atoms with van der Waals surface area (Å²) in [5.74, 6) is 0.674. The molecule has 4 N–H and O–H groups in total. The number of rotatable bonds is 5. The Kier molecular flexibility index (Phi) is 4.72. The van der Waals surface area contributed by atoms with E-state index in [1.165, 1.54) is 6.33 Å². The van der Waals surface area contributed by atoms with Gasteiger partial charge in [-0.3, -0.25) is 10.2 Å². The highest BCUT2D eigenvalue weighted by Gasteiger charge is 2.15. The van der Waals surface area contributed by atoms with Crippen molar-refractivity contribution in [3.63, 3.8) is 0 Å². The molecule has 0 aliphatic heterocycles. The maximum Gasteiger partial charge on any atom is 0.266 e. The van der Waals surface area contributed by atoms with Crippen molar-refractivity contribution in [2.24, 2.45) is 5.73 Å². The van der Waals surface area contributed by atoms with Crippen LogP contribution in [0.15, 0.2) is 41.5 Å². The molecule has 0 atom stereocenters. The highest BCUT2D eigenvalue weighted by atomic mass is 127. The molecule has 7 heteroatoms. The van der Waals surface area contributed by atoms with Crippen molar-refractivity contribution in [2.45, 2.75) is 6.42 Å². The molecule has 1 aromatic heterocycles. The van der Waals surface area contributed by atoms with Gasteiger partial charge >= 0.3 is 0 Å². The zero-order chi connectivity index (χ0) is 14.5. The van der Waals surface area contributed by atoms with Gasteiger partial charge in [0.15, 0.2) is 5.82 Å². The fourth-order valence-corrected chi connectivity index (χ4v) is 2.35. The maximum absolute atomic E-state index is 11.7. The van der Waals surface area contributed by atoms with E-state index in [2.05, 4.69) is 9.97 Å². The number of hydrogen-bond donors (Lipinski definition) is 3. The Labute approximate surface area is 129 Å². The molecule has 104 valence electrons. The van der Waals surface area contributed by atoms with Crippen LogP contribution in [0.1, 0.15) is 6.42 Å². The molecule has 1 heterocycles. The average molecular weight is 383 g/mol. The molecule has 0 amide bonds. The van der Waals surface area contributed by atoms with Crippen molar-refractivity contribution < 1.29 is 0 Å². The van der Waals surface area contributed by atoms with Crippen molar-refractivity contribution >= 4 is 39.9 Å². The number of hydrogen-bond acceptors (Lipinski definition) is 4. The van der Waals surface area contributed by atoms with Gasteiger partial charge in [0.1, 0.15) is 3.57 Å². The molecule has 0 aliphatic carbocycles. The van der Waals surface area contributed by atoms with E-state index in [1.807, 2.05) is 57.8 Å². The van der Waals surface area contributed by atoms with E-state index in [9.17, 15) is 4.79 Å². The number of para-hydroxylation sites is 1. The Morgan fingerprint density at radius 2 is 2.10 bits per heavy atom. The Morgan fingerprint density at radius 1 is 1.40 bits per heavy atom. The number of aromatic nitrogens is 2. The van der Waals surface area contributed by atoms with Crippen LogP contribution in [-0.2, 0) is 0 Å². The predicted molar refractivity (Wildman–Crippen MR) is 87.6 cm³/mol.